The number of piperidine rings is 1. The van der Waals surface area contributed by atoms with Gasteiger partial charge < -0.3 is 4.90 Å². The molecule has 4 aromatic rings. The topological polar surface area (TPSA) is 46.1 Å². The lowest BCUT2D eigenvalue weighted by Crippen LogP contribution is -2.35. The average Bonchev–Trinajstić information content (AvgIpc) is 3.03. The van der Waals surface area contributed by atoms with Crippen LogP contribution in [0.15, 0.2) is 42.5 Å². The predicted octanol–water partition coefficient (Wildman–Crippen LogP) is 4.62. The van der Waals surface area contributed by atoms with Crippen molar-refractivity contribution in [2.24, 2.45) is 0 Å². The third-order valence-corrected chi connectivity index (χ3v) is 5.92. The van der Waals surface area contributed by atoms with Gasteiger partial charge in [0.1, 0.15) is 10.3 Å². The van der Waals surface area contributed by atoms with Crippen molar-refractivity contribution in [1.29, 1.82) is 0 Å². The second-order valence-electron chi connectivity index (χ2n) is 6.53. The van der Waals surface area contributed by atoms with Gasteiger partial charge in [0.25, 0.3) is 5.91 Å². The number of para-hydroxylation sites is 2. The average molecular weight is 347 g/mol. The highest BCUT2D eigenvalue weighted by Gasteiger charge is 2.19. The lowest BCUT2D eigenvalue weighted by atomic mass is 10.1. The number of nitrogens with zero attached hydrogens (tertiary/aromatic N) is 3. The van der Waals surface area contributed by atoms with Crippen LogP contribution < -0.4 is 0 Å². The van der Waals surface area contributed by atoms with Gasteiger partial charge in [-0.3, -0.25) is 4.79 Å². The predicted molar refractivity (Wildman–Crippen MR) is 102 cm³/mol. The summed E-state index contributed by atoms with van der Waals surface area (Å²) in [6.45, 7) is 1.73. The molecule has 1 fully saturated rings. The fraction of sp³-hybridized carbons (Fsp3) is 0.250. The van der Waals surface area contributed by atoms with Crippen molar-refractivity contribution in [3.63, 3.8) is 0 Å². The lowest BCUT2D eigenvalue weighted by molar-refractivity contribution is 0.0724. The molecule has 1 aliphatic heterocycles. The minimum absolute atomic E-state index is 0.134. The Labute approximate surface area is 149 Å². The molecule has 1 aliphatic rings. The summed E-state index contributed by atoms with van der Waals surface area (Å²) in [7, 11) is 0. The molecule has 1 saturated heterocycles. The number of fused-ring (bicyclic) bond motifs is 4. The number of carbonyl (C=O) groups excluding carboxylic acids is 1. The van der Waals surface area contributed by atoms with Gasteiger partial charge in [0.15, 0.2) is 0 Å². The van der Waals surface area contributed by atoms with Crippen LogP contribution in [0.2, 0.25) is 0 Å². The standard InChI is InChI=1S/C20H17N3OS/c24-20(23-10-4-1-5-11-23)13-8-9-17-14(12-13)18-19(25-17)22-16-7-3-2-6-15(16)21-18/h2-3,6-9,12H,1,4-5,10-11H2. The number of amides is 1. The van der Waals surface area contributed by atoms with Crippen molar-refractivity contribution in [3.05, 3.63) is 48.0 Å². The monoisotopic (exact) mass is 347 g/mol. The number of likely N-dealkylation sites (tertiary alicyclic amines) is 1. The minimum Gasteiger partial charge on any atom is -0.339 e. The number of carbonyl (C=O) groups is 1. The molecule has 0 aliphatic carbocycles. The van der Waals surface area contributed by atoms with Crippen molar-refractivity contribution < 1.29 is 4.79 Å². The summed E-state index contributed by atoms with van der Waals surface area (Å²) in [6, 6.07) is 13.9. The fourth-order valence-corrected chi connectivity index (χ4v) is 4.56. The molecule has 0 unspecified atom stereocenters. The van der Waals surface area contributed by atoms with Gasteiger partial charge in [-0.1, -0.05) is 12.1 Å². The molecule has 0 N–H and O–H groups in total. The molecule has 3 heterocycles. The summed E-state index contributed by atoms with van der Waals surface area (Å²) in [4.78, 5) is 25.2. The van der Waals surface area contributed by atoms with E-state index in [0.717, 1.165) is 63.0 Å². The number of benzene rings is 2. The first-order valence-electron chi connectivity index (χ1n) is 8.68. The van der Waals surface area contributed by atoms with Crippen molar-refractivity contribution >= 4 is 48.7 Å². The summed E-state index contributed by atoms with van der Waals surface area (Å²) in [6.07, 6.45) is 3.43. The molecule has 124 valence electrons. The Kier molecular flexibility index (Phi) is 3.41. The molecule has 0 bridgehead atoms. The highest BCUT2D eigenvalue weighted by molar-refractivity contribution is 7.25. The van der Waals surface area contributed by atoms with E-state index in [1.807, 2.05) is 47.4 Å². The van der Waals surface area contributed by atoms with Gasteiger partial charge in [-0.2, -0.15) is 0 Å². The molecule has 0 spiro atoms. The van der Waals surface area contributed by atoms with Crippen molar-refractivity contribution in [1.82, 2.24) is 14.9 Å². The van der Waals surface area contributed by atoms with Crippen LogP contribution in [-0.2, 0) is 0 Å². The fourth-order valence-electron chi connectivity index (χ4n) is 3.55. The van der Waals surface area contributed by atoms with Crippen LogP contribution in [0.1, 0.15) is 29.6 Å². The molecule has 5 rings (SSSR count). The number of thiophene rings is 1. The van der Waals surface area contributed by atoms with E-state index in [-0.39, 0.29) is 5.91 Å². The van der Waals surface area contributed by atoms with Gasteiger partial charge >= 0.3 is 0 Å². The molecule has 1 amide bonds. The number of aromatic nitrogens is 2. The van der Waals surface area contributed by atoms with Gasteiger partial charge in [-0.25, -0.2) is 9.97 Å². The van der Waals surface area contributed by atoms with E-state index in [0.29, 0.717) is 0 Å². The Balaban J connectivity index is 1.66. The maximum atomic E-state index is 12.8. The van der Waals surface area contributed by atoms with Crippen LogP contribution in [-0.4, -0.2) is 33.9 Å². The van der Waals surface area contributed by atoms with Gasteiger partial charge in [0, 0.05) is 28.7 Å². The Hall–Kier alpha value is -2.53. The summed E-state index contributed by atoms with van der Waals surface area (Å²) < 4.78 is 1.13. The zero-order valence-corrected chi connectivity index (χ0v) is 14.6. The Morgan fingerprint density at radius 1 is 0.960 bits per heavy atom. The van der Waals surface area contributed by atoms with Crippen molar-refractivity contribution in [2.45, 2.75) is 19.3 Å². The van der Waals surface area contributed by atoms with Crippen LogP contribution in [0.4, 0.5) is 0 Å². The van der Waals surface area contributed by atoms with Crippen LogP contribution >= 0.6 is 11.3 Å². The highest BCUT2D eigenvalue weighted by Crippen LogP contribution is 2.33. The maximum absolute atomic E-state index is 12.8. The quantitative estimate of drug-likeness (QED) is 0.504. The van der Waals surface area contributed by atoms with Gasteiger partial charge in [0.2, 0.25) is 0 Å². The molecular weight excluding hydrogens is 330 g/mol. The van der Waals surface area contributed by atoms with Gasteiger partial charge in [0.05, 0.1) is 11.0 Å². The second-order valence-corrected chi connectivity index (χ2v) is 7.56. The van der Waals surface area contributed by atoms with E-state index in [2.05, 4.69) is 0 Å². The minimum atomic E-state index is 0.134. The van der Waals surface area contributed by atoms with E-state index in [1.165, 1.54) is 6.42 Å². The lowest BCUT2D eigenvalue weighted by Gasteiger charge is -2.26. The Morgan fingerprint density at radius 3 is 2.52 bits per heavy atom. The second kappa shape index (κ2) is 5.77. The van der Waals surface area contributed by atoms with E-state index in [1.54, 1.807) is 11.3 Å². The van der Waals surface area contributed by atoms with Crippen LogP contribution in [0.3, 0.4) is 0 Å². The van der Waals surface area contributed by atoms with E-state index in [9.17, 15) is 4.79 Å². The van der Waals surface area contributed by atoms with E-state index < -0.39 is 0 Å². The molecular formula is C20H17N3OS. The van der Waals surface area contributed by atoms with Crippen molar-refractivity contribution in [2.75, 3.05) is 13.1 Å². The first kappa shape index (κ1) is 14.8. The van der Waals surface area contributed by atoms with E-state index in [4.69, 9.17) is 9.97 Å². The smallest absolute Gasteiger partial charge is 0.253 e. The molecule has 0 radical (unpaired) electrons. The largest absolute Gasteiger partial charge is 0.339 e. The zero-order valence-electron chi connectivity index (χ0n) is 13.7. The first-order chi connectivity index (χ1) is 12.3. The molecule has 25 heavy (non-hydrogen) atoms. The molecule has 5 heteroatoms. The number of rotatable bonds is 1. The molecule has 2 aromatic carbocycles. The van der Waals surface area contributed by atoms with Crippen LogP contribution in [0.5, 0.6) is 0 Å². The number of hydrogen-bond acceptors (Lipinski definition) is 4. The Bertz CT molecular complexity index is 1110. The number of hydrogen-bond donors (Lipinski definition) is 0. The first-order valence-corrected chi connectivity index (χ1v) is 9.49. The SMILES string of the molecule is O=C(c1ccc2sc3nc4ccccc4nc3c2c1)N1CCCCC1. The normalized spacial score (nSPS) is 15.3. The third kappa shape index (κ3) is 2.46. The van der Waals surface area contributed by atoms with Crippen LogP contribution in [0, 0.1) is 0 Å². The summed E-state index contributed by atoms with van der Waals surface area (Å²) >= 11 is 1.63. The summed E-state index contributed by atoms with van der Waals surface area (Å²) in [5.41, 5.74) is 3.45. The zero-order chi connectivity index (χ0) is 16.8. The van der Waals surface area contributed by atoms with Crippen molar-refractivity contribution in [3.8, 4) is 0 Å². The molecule has 4 nitrogen and oxygen atoms in total. The molecule has 2 aromatic heterocycles. The van der Waals surface area contributed by atoms with Gasteiger partial charge in [-0.05, 0) is 49.6 Å². The van der Waals surface area contributed by atoms with Gasteiger partial charge in [-0.15, -0.1) is 11.3 Å². The summed E-state index contributed by atoms with van der Waals surface area (Å²) in [5, 5.41) is 1.03. The highest BCUT2D eigenvalue weighted by atomic mass is 32.1. The molecule has 0 saturated carbocycles. The molecule has 0 atom stereocenters. The summed E-state index contributed by atoms with van der Waals surface area (Å²) in [5.74, 6) is 0.134. The maximum Gasteiger partial charge on any atom is 0.253 e. The Morgan fingerprint density at radius 2 is 1.72 bits per heavy atom. The van der Waals surface area contributed by atoms with E-state index >= 15 is 0 Å². The third-order valence-electron chi connectivity index (χ3n) is 4.87. The van der Waals surface area contributed by atoms with Crippen LogP contribution in [0.25, 0.3) is 31.5 Å².